The molecule has 1 amide bonds. The molecule has 1 aromatic rings. The van der Waals surface area contributed by atoms with Crippen LogP contribution in [0.5, 0.6) is 0 Å². The van der Waals surface area contributed by atoms with Gasteiger partial charge in [0.15, 0.2) is 0 Å². The molecule has 0 spiro atoms. The van der Waals surface area contributed by atoms with Crippen LogP contribution in [0.3, 0.4) is 0 Å². The predicted molar refractivity (Wildman–Crippen MR) is 80.2 cm³/mol. The van der Waals surface area contributed by atoms with Crippen LogP contribution < -0.4 is 10.2 Å². The van der Waals surface area contributed by atoms with E-state index in [1.807, 2.05) is 4.90 Å². The maximum absolute atomic E-state index is 11.5. The fraction of sp³-hybridized carbons (Fsp3) is 0.562. The van der Waals surface area contributed by atoms with E-state index in [4.69, 9.17) is 4.74 Å². The molecule has 1 atom stereocenters. The quantitative estimate of drug-likeness (QED) is 0.896. The van der Waals surface area contributed by atoms with Gasteiger partial charge in [-0.2, -0.15) is 0 Å². The molecular formula is C16H22N2O2. The molecule has 1 aromatic carbocycles. The summed E-state index contributed by atoms with van der Waals surface area (Å²) in [7, 11) is 1.75. The van der Waals surface area contributed by atoms with E-state index in [9.17, 15) is 4.79 Å². The number of hydrogen-bond donors (Lipinski definition) is 1. The summed E-state index contributed by atoms with van der Waals surface area (Å²) in [4.78, 5) is 13.4. The maximum atomic E-state index is 11.5. The van der Waals surface area contributed by atoms with E-state index in [0.717, 1.165) is 36.9 Å². The van der Waals surface area contributed by atoms with Gasteiger partial charge in [-0.05, 0) is 48.9 Å². The first-order valence-corrected chi connectivity index (χ1v) is 7.35. The third-order valence-corrected chi connectivity index (χ3v) is 4.24. The molecule has 1 heterocycles. The van der Waals surface area contributed by atoms with E-state index in [-0.39, 0.29) is 5.91 Å². The Labute approximate surface area is 120 Å². The number of anilines is 2. The Balaban J connectivity index is 1.74. The third-order valence-electron chi connectivity index (χ3n) is 4.24. The number of fused-ring (bicyclic) bond motifs is 1. The number of carbonyl (C=O) groups is 1. The highest BCUT2D eigenvalue weighted by Gasteiger charge is 2.31. The zero-order chi connectivity index (χ0) is 14.1. The lowest BCUT2D eigenvalue weighted by atomic mass is 10.1. The molecule has 0 saturated heterocycles. The topological polar surface area (TPSA) is 41.6 Å². The van der Waals surface area contributed by atoms with Crippen molar-refractivity contribution in [2.24, 2.45) is 5.92 Å². The summed E-state index contributed by atoms with van der Waals surface area (Å²) in [6.07, 6.45) is 3.54. The fourth-order valence-electron chi connectivity index (χ4n) is 3.01. The highest BCUT2D eigenvalue weighted by molar-refractivity contribution is 5.94. The number of methoxy groups -OCH3 is 1. The number of amides is 1. The molecule has 1 fully saturated rings. The molecule has 3 rings (SSSR count). The summed E-state index contributed by atoms with van der Waals surface area (Å²) in [5.41, 5.74) is 3.47. The number of carbonyl (C=O) groups excluding carboxylic acids is 1. The summed E-state index contributed by atoms with van der Waals surface area (Å²) in [5.74, 6) is 0.872. The van der Waals surface area contributed by atoms with E-state index in [0.29, 0.717) is 6.04 Å². The maximum Gasteiger partial charge on any atom is 0.223 e. The SMILES string of the molecule is COCC(Nc1ccc2c(c1)CCN2C(C)=O)C1CC1. The lowest BCUT2D eigenvalue weighted by Gasteiger charge is -2.20. The van der Waals surface area contributed by atoms with Gasteiger partial charge >= 0.3 is 0 Å². The van der Waals surface area contributed by atoms with Crippen LogP contribution in [0.4, 0.5) is 11.4 Å². The molecule has 1 saturated carbocycles. The van der Waals surface area contributed by atoms with Crippen LogP contribution >= 0.6 is 0 Å². The van der Waals surface area contributed by atoms with E-state index in [2.05, 4.69) is 23.5 Å². The van der Waals surface area contributed by atoms with Gasteiger partial charge in [-0.3, -0.25) is 4.79 Å². The number of benzene rings is 1. The van der Waals surface area contributed by atoms with Gasteiger partial charge in [-0.1, -0.05) is 0 Å². The zero-order valence-corrected chi connectivity index (χ0v) is 12.2. The summed E-state index contributed by atoms with van der Waals surface area (Å²) < 4.78 is 5.30. The molecule has 0 bridgehead atoms. The summed E-state index contributed by atoms with van der Waals surface area (Å²) in [6.45, 7) is 3.18. The number of rotatable bonds is 5. The van der Waals surface area contributed by atoms with E-state index < -0.39 is 0 Å². The molecule has 4 heteroatoms. The molecule has 1 N–H and O–H groups in total. The monoisotopic (exact) mass is 274 g/mol. The van der Waals surface area contributed by atoms with Crippen LogP contribution in [0.1, 0.15) is 25.3 Å². The van der Waals surface area contributed by atoms with Crippen molar-refractivity contribution in [3.05, 3.63) is 23.8 Å². The number of hydrogen-bond acceptors (Lipinski definition) is 3. The average molecular weight is 274 g/mol. The van der Waals surface area contributed by atoms with Crippen LogP contribution in [0.2, 0.25) is 0 Å². The molecule has 2 aliphatic rings. The van der Waals surface area contributed by atoms with Crippen molar-refractivity contribution >= 4 is 17.3 Å². The Morgan fingerprint density at radius 1 is 1.50 bits per heavy atom. The largest absolute Gasteiger partial charge is 0.383 e. The van der Waals surface area contributed by atoms with Crippen molar-refractivity contribution in [2.45, 2.75) is 32.2 Å². The van der Waals surface area contributed by atoms with Crippen molar-refractivity contribution < 1.29 is 9.53 Å². The Hall–Kier alpha value is -1.55. The first-order valence-electron chi connectivity index (χ1n) is 7.35. The molecule has 1 unspecified atom stereocenters. The molecule has 20 heavy (non-hydrogen) atoms. The molecule has 0 aromatic heterocycles. The van der Waals surface area contributed by atoms with Crippen molar-refractivity contribution in [3.8, 4) is 0 Å². The van der Waals surface area contributed by atoms with Crippen LogP contribution in [0.25, 0.3) is 0 Å². The highest BCUT2D eigenvalue weighted by atomic mass is 16.5. The highest BCUT2D eigenvalue weighted by Crippen LogP contribution is 2.36. The van der Waals surface area contributed by atoms with Crippen LogP contribution in [-0.4, -0.2) is 32.2 Å². The first kappa shape index (κ1) is 13.4. The van der Waals surface area contributed by atoms with Gasteiger partial charge in [0, 0.05) is 32.0 Å². The van der Waals surface area contributed by atoms with Gasteiger partial charge in [0.25, 0.3) is 0 Å². The minimum absolute atomic E-state index is 0.125. The minimum Gasteiger partial charge on any atom is -0.383 e. The molecule has 4 nitrogen and oxygen atoms in total. The number of ether oxygens (including phenoxy) is 1. The second kappa shape index (κ2) is 5.44. The van der Waals surface area contributed by atoms with Gasteiger partial charge in [0.1, 0.15) is 0 Å². The van der Waals surface area contributed by atoms with Gasteiger partial charge in [-0.25, -0.2) is 0 Å². The van der Waals surface area contributed by atoms with E-state index in [1.54, 1.807) is 14.0 Å². The van der Waals surface area contributed by atoms with Crippen molar-refractivity contribution in [1.82, 2.24) is 0 Å². The van der Waals surface area contributed by atoms with Gasteiger partial charge in [0.05, 0.1) is 12.6 Å². The second-order valence-electron chi connectivity index (χ2n) is 5.81. The van der Waals surface area contributed by atoms with Crippen molar-refractivity contribution in [3.63, 3.8) is 0 Å². The molecule has 108 valence electrons. The Bertz CT molecular complexity index is 511. The Morgan fingerprint density at radius 2 is 2.30 bits per heavy atom. The fourth-order valence-corrected chi connectivity index (χ4v) is 3.01. The van der Waals surface area contributed by atoms with Crippen molar-refractivity contribution in [2.75, 3.05) is 30.5 Å². The lowest BCUT2D eigenvalue weighted by molar-refractivity contribution is -0.116. The second-order valence-corrected chi connectivity index (χ2v) is 5.81. The standard InChI is InChI=1S/C16H22N2O2/c1-11(19)18-8-7-13-9-14(5-6-16(13)18)17-15(10-20-2)12-3-4-12/h5-6,9,12,15,17H,3-4,7-8,10H2,1-2H3. The molecule has 0 radical (unpaired) electrons. The van der Waals surface area contributed by atoms with Gasteiger partial charge in [0.2, 0.25) is 5.91 Å². The summed E-state index contributed by atoms with van der Waals surface area (Å²) >= 11 is 0. The van der Waals surface area contributed by atoms with E-state index >= 15 is 0 Å². The predicted octanol–water partition coefficient (Wildman–Crippen LogP) is 2.43. The summed E-state index contributed by atoms with van der Waals surface area (Å²) in [6, 6.07) is 6.72. The number of nitrogens with one attached hydrogen (secondary N) is 1. The Morgan fingerprint density at radius 3 is 2.95 bits per heavy atom. The number of nitrogens with zero attached hydrogens (tertiary/aromatic N) is 1. The van der Waals surface area contributed by atoms with Gasteiger partial charge in [-0.15, -0.1) is 0 Å². The van der Waals surface area contributed by atoms with E-state index in [1.165, 1.54) is 18.4 Å². The minimum atomic E-state index is 0.125. The first-order chi connectivity index (χ1) is 9.69. The summed E-state index contributed by atoms with van der Waals surface area (Å²) in [5, 5.41) is 3.59. The van der Waals surface area contributed by atoms with Crippen LogP contribution in [0.15, 0.2) is 18.2 Å². The zero-order valence-electron chi connectivity index (χ0n) is 12.2. The van der Waals surface area contributed by atoms with Crippen LogP contribution in [-0.2, 0) is 16.0 Å². The third kappa shape index (κ3) is 2.66. The van der Waals surface area contributed by atoms with Crippen molar-refractivity contribution in [1.29, 1.82) is 0 Å². The van der Waals surface area contributed by atoms with Crippen LogP contribution in [0, 0.1) is 5.92 Å². The normalized spacial score (nSPS) is 18.8. The lowest BCUT2D eigenvalue weighted by Crippen LogP contribution is -2.27. The molecular weight excluding hydrogens is 252 g/mol. The molecule has 1 aliphatic carbocycles. The smallest absolute Gasteiger partial charge is 0.223 e. The average Bonchev–Trinajstić information content (AvgIpc) is 3.17. The molecule has 1 aliphatic heterocycles. The Kier molecular flexibility index (Phi) is 3.66. The van der Waals surface area contributed by atoms with Gasteiger partial charge < -0.3 is 15.0 Å².